The van der Waals surface area contributed by atoms with Crippen LogP contribution in [0.15, 0.2) is 194 Å². The lowest BCUT2D eigenvalue weighted by Gasteiger charge is -2.21. The van der Waals surface area contributed by atoms with Gasteiger partial charge in [0.15, 0.2) is 5.82 Å². The van der Waals surface area contributed by atoms with E-state index in [4.69, 9.17) is 9.97 Å². The predicted octanol–water partition coefficient (Wildman–Crippen LogP) is 13.9. The molecule has 0 spiro atoms. The van der Waals surface area contributed by atoms with Gasteiger partial charge in [0.1, 0.15) is 0 Å². The van der Waals surface area contributed by atoms with Gasteiger partial charge in [0.2, 0.25) is 0 Å². The minimum Gasteiger partial charge on any atom is -0.228 e. The molecule has 0 saturated carbocycles. The van der Waals surface area contributed by atoms with Gasteiger partial charge in [-0.25, -0.2) is 9.97 Å². The number of nitrogens with zero attached hydrogens (tertiary/aromatic N) is 2. The molecule has 0 N–H and O–H groups in total. The third-order valence-corrected chi connectivity index (χ3v) is 11.3. The van der Waals surface area contributed by atoms with Crippen molar-refractivity contribution in [2.45, 2.75) is 19.3 Å². The topological polar surface area (TPSA) is 25.8 Å². The van der Waals surface area contributed by atoms with Gasteiger partial charge in [0.25, 0.3) is 0 Å². The van der Waals surface area contributed by atoms with Gasteiger partial charge in [-0.05, 0) is 84.6 Å². The van der Waals surface area contributed by atoms with E-state index in [1.54, 1.807) is 0 Å². The minimum atomic E-state index is 0.0126. The van der Waals surface area contributed by atoms with Crippen molar-refractivity contribution in [3.63, 3.8) is 0 Å². The molecule has 0 unspecified atom stereocenters. The predicted molar refractivity (Wildman–Crippen MR) is 230 cm³/mol. The van der Waals surface area contributed by atoms with E-state index in [0.717, 1.165) is 33.5 Å². The van der Waals surface area contributed by atoms with Gasteiger partial charge in [0.05, 0.1) is 11.4 Å². The first kappa shape index (κ1) is 32.7. The molecular formula is C53H38N2. The Morgan fingerprint density at radius 3 is 1.58 bits per heavy atom. The Labute approximate surface area is 322 Å². The largest absolute Gasteiger partial charge is 0.228 e. The van der Waals surface area contributed by atoms with Crippen molar-refractivity contribution in [1.29, 1.82) is 0 Å². The first-order chi connectivity index (χ1) is 27.0. The maximum atomic E-state index is 5.16. The van der Waals surface area contributed by atoms with Crippen LogP contribution in [-0.2, 0) is 5.41 Å². The maximum absolute atomic E-state index is 5.16. The molecular weight excluding hydrogens is 665 g/mol. The Kier molecular flexibility index (Phi) is 7.85. The lowest BCUT2D eigenvalue weighted by molar-refractivity contribution is 0.660. The molecule has 0 saturated heterocycles. The third kappa shape index (κ3) is 5.75. The molecule has 0 aliphatic heterocycles. The summed E-state index contributed by atoms with van der Waals surface area (Å²) in [4.78, 5) is 10.2. The summed E-state index contributed by atoms with van der Waals surface area (Å²) in [5.74, 6) is 0.717. The standard InChI is InChI=1S/C53H38N2/c1-53(2)48-23-12-11-22-45(48)47-33-40(28-31-49(47)53)36-26-24-35(25-27-36)39-18-13-19-41(32-39)42-29-30-46(44-21-10-9-20-43(42)44)51-34-50(37-14-5-3-6-15-37)54-52(55-51)38-16-7-4-8-17-38/h3-34H,1-2H3. The first-order valence-corrected chi connectivity index (χ1v) is 19.0. The zero-order valence-corrected chi connectivity index (χ0v) is 30.9. The van der Waals surface area contributed by atoms with Crippen LogP contribution < -0.4 is 0 Å². The summed E-state index contributed by atoms with van der Waals surface area (Å²) in [6.45, 7) is 4.66. The van der Waals surface area contributed by atoms with Crippen LogP contribution in [0.3, 0.4) is 0 Å². The second kappa shape index (κ2) is 13.2. The highest BCUT2D eigenvalue weighted by Crippen LogP contribution is 2.49. The lowest BCUT2D eigenvalue weighted by atomic mass is 9.82. The monoisotopic (exact) mass is 702 g/mol. The van der Waals surface area contributed by atoms with E-state index < -0.39 is 0 Å². The Morgan fingerprint density at radius 1 is 0.309 bits per heavy atom. The molecule has 0 fully saturated rings. The molecule has 1 aliphatic carbocycles. The molecule has 260 valence electrons. The van der Waals surface area contributed by atoms with Crippen LogP contribution in [-0.4, -0.2) is 9.97 Å². The van der Waals surface area contributed by atoms with E-state index in [1.165, 1.54) is 61.0 Å². The van der Waals surface area contributed by atoms with Crippen molar-refractivity contribution >= 4 is 10.8 Å². The van der Waals surface area contributed by atoms with E-state index in [-0.39, 0.29) is 5.41 Å². The van der Waals surface area contributed by atoms with E-state index in [0.29, 0.717) is 5.82 Å². The summed E-state index contributed by atoms with van der Waals surface area (Å²) in [7, 11) is 0. The smallest absolute Gasteiger partial charge is 0.160 e. The molecule has 1 aliphatic rings. The minimum absolute atomic E-state index is 0.0126. The van der Waals surface area contributed by atoms with E-state index in [2.05, 4.69) is 184 Å². The second-order valence-electron chi connectivity index (χ2n) is 15.0. The van der Waals surface area contributed by atoms with Crippen LogP contribution in [0.25, 0.3) is 89.2 Å². The molecule has 2 nitrogen and oxygen atoms in total. The molecule has 2 heteroatoms. The van der Waals surface area contributed by atoms with Gasteiger partial charge in [-0.1, -0.05) is 190 Å². The zero-order valence-electron chi connectivity index (χ0n) is 30.9. The number of hydrogen-bond donors (Lipinski definition) is 0. The van der Waals surface area contributed by atoms with E-state index in [1.807, 2.05) is 24.3 Å². The molecule has 0 atom stereocenters. The van der Waals surface area contributed by atoms with Gasteiger partial charge >= 0.3 is 0 Å². The summed E-state index contributed by atoms with van der Waals surface area (Å²) < 4.78 is 0. The molecule has 1 aromatic heterocycles. The third-order valence-electron chi connectivity index (χ3n) is 11.3. The Hall–Kier alpha value is -6.90. The summed E-state index contributed by atoms with van der Waals surface area (Å²) in [5.41, 5.74) is 17.7. The van der Waals surface area contributed by atoms with Gasteiger partial charge in [0, 0.05) is 22.1 Å². The normalized spacial score (nSPS) is 12.7. The van der Waals surface area contributed by atoms with Crippen LogP contribution in [0, 0.1) is 0 Å². The van der Waals surface area contributed by atoms with Crippen molar-refractivity contribution in [2.24, 2.45) is 0 Å². The fourth-order valence-electron chi connectivity index (χ4n) is 8.45. The van der Waals surface area contributed by atoms with Gasteiger partial charge in [-0.2, -0.15) is 0 Å². The number of hydrogen-bond acceptors (Lipinski definition) is 2. The molecule has 8 aromatic carbocycles. The Balaban J connectivity index is 1.01. The van der Waals surface area contributed by atoms with Crippen molar-refractivity contribution in [1.82, 2.24) is 9.97 Å². The average molecular weight is 703 g/mol. The first-order valence-electron chi connectivity index (χ1n) is 19.0. The van der Waals surface area contributed by atoms with Crippen LogP contribution in [0.4, 0.5) is 0 Å². The molecule has 0 bridgehead atoms. The highest BCUT2D eigenvalue weighted by molar-refractivity contribution is 6.05. The molecule has 0 amide bonds. The number of aromatic nitrogens is 2. The molecule has 10 rings (SSSR count). The van der Waals surface area contributed by atoms with E-state index in [9.17, 15) is 0 Å². The zero-order chi connectivity index (χ0) is 36.9. The van der Waals surface area contributed by atoms with Crippen LogP contribution >= 0.6 is 0 Å². The van der Waals surface area contributed by atoms with Crippen molar-refractivity contribution in [2.75, 3.05) is 0 Å². The quantitative estimate of drug-likeness (QED) is 0.172. The van der Waals surface area contributed by atoms with Crippen molar-refractivity contribution < 1.29 is 0 Å². The highest BCUT2D eigenvalue weighted by Gasteiger charge is 2.35. The molecule has 1 heterocycles. The fraction of sp³-hybridized carbons (Fsp3) is 0.0566. The van der Waals surface area contributed by atoms with Crippen molar-refractivity contribution in [3.05, 3.63) is 205 Å². The number of benzene rings is 8. The Morgan fingerprint density at radius 2 is 0.836 bits per heavy atom. The maximum Gasteiger partial charge on any atom is 0.160 e. The molecule has 9 aromatic rings. The van der Waals surface area contributed by atoms with Crippen LogP contribution in [0.1, 0.15) is 25.0 Å². The van der Waals surface area contributed by atoms with Gasteiger partial charge in [-0.3, -0.25) is 0 Å². The summed E-state index contributed by atoms with van der Waals surface area (Å²) in [6, 6.07) is 69.6. The highest BCUT2D eigenvalue weighted by atomic mass is 14.9. The SMILES string of the molecule is CC1(C)c2ccccc2-c2cc(-c3ccc(-c4cccc(-c5ccc(-c6cc(-c7ccccc7)nc(-c7ccccc7)n6)c6ccccc56)c4)cc3)ccc21. The summed E-state index contributed by atoms with van der Waals surface area (Å²) in [5, 5.41) is 2.35. The fourth-order valence-corrected chi connectivity index (χ4v) is 8.45. The van der Waals surface area contributed by atoms with Crippen LogP contribution in [0.5, 0.6) is 0 Å². The van der Waals surface area contributed by atoms with E-state index >= 15 is 0 Å². The van der Waals surface area contributed by atoms with Crippen molar-refractivity contribution in [3.8, 4) is 78.4 Å². The Bertz CT molecular complexity index is 2810. The average Bonchev–Trinajstić information content (AvgIpc) is 3.49. The molecule has 0 radical (unpaired) electrons. The van der Waals surface area contributed by atoms with Gasteiger partial charge in [-0.15, -0.1) is 0 Å². The summed E-state index contributed by atoms with van der Waals surface area (Å²) >= 11 is 0. The van der Waals surface area contributed by atoms with Crippen LogP contribution in [0.2, 0.25) is 0 Å². The van der Waals surface area contributed by atoms with Gasteiger partial charge < -0.3 is 0 Å². The summed E-state index contributed by atoms with van der Waals surface area (Å²) in [6.07, 6.45) is 0. The second-order valence-corrected chi connectivity index (χ2v) is 15.0. The lowest BCUT2D eigenvalue weighted by Crippen LogP contribution is -2.14. The molecule has 55 heavy (non-hydrogen) atoms. The number of fused-ring (bicyclic) bond motifs is 4. The number of rotatable bonds is 6.